The van der Waals surface area contributed by atoms with Gasteiger partial charge in [-0.2, -0.15) is 10.1 Å². The Bertz CT molecular complexity index is 210. The summed E-state index contributed by atoms with van der Waals surface area (Å²) in [4.78, 5) is 16.5. The number of hydrogen-bond acceptors (Lipinski definition) is 4. The van der Waals surface area contributed by atoms with E-state index in [1.807, 2.05) is 0 Å². The van der Waals surface area contributed by atoms with Gasteiger partial charge < -0.3 is 0 Å². The first-order valence-corrected chi connectivity index (χ1v) is 2.31. The van der Waals surface area contributed by atoms with Crippen LogP contribution in [0, 0.1) is 0 Å². The second-order valence-corrected chi connectivity index (χ2v) is 1.34. The van der Waals surface area contributed by atoms with Crippen molar-refractivity contribution in [1.82, 2.24) is 15.2 Å². The van der Waals surface area contributed by atoms with Crippen LogP contribution in [0.15, 0.2) is 11.3 Å². The van der Waals surface area contributed by atoms with E-state index in [1.54, 1.807) is 0 Å². The summed E-state index contributed by atoms with van der Waals surface area (Å²) in [7, 11) is 0. The average Bonchev–Trinajstić information content (AvgIpc) is 2.34. The van der Waals surface area contributed by atoms with Crippen LogP contribution in [0.25, 0.3) is 0 Å². The van der Waals surface area contributed by atoms with E-state index in [0.29, 0.717) is 5.82 Å². The number of rotatable bonds is 2. The van der Waals surface area contributed by atoms with Gasteiger partial charge in [0.15, 0.2) is 0 Å². The van der Waals surface area contributed by atoms with Crippen molar-refractivity contribution in [2.45, 2.75) is 6.54 Å². The van der Waals surface area contributed by atoms with E-state index in [2.05, 4.69) is 20.2 Å². The smallest absolute Gasteiger partial charge is 0.235 e. The molecule has 0 saturated carbocycles. The van der Waals surface area contributed by atoms with Crippen LogP contribution in [-0.4, -0.2) is 21.3 Å². The Morgan fingerprint density at radius 2 is 2.78 bits per heavy atom. The number of aromatic amines is 1. The lowest BCUT2D eigenvalue weighted by atomic mass is 10.6. The molecule has 0 bridgehead atoms. The molecule has 0 radical (unpaired) electrons. The normalized spacial score (nSPS) is 8.44. The van der Waals surface area contributed by atoms with Gasteiger partial charge in [0.2, 0.25) is 6.08 Å². The number of H-pyrrole nitrogens is 1. The van der Waals surface area contributed by atoms with E-state index < -0.39 is 0 Å². The Morgan fingerprint density at radius 1 is 1.89 bits per heavy atom. The molecule has 0 aromatic carbocycles. The van der Waals surface area contributed by atoms with E-state index in [9.17, 15) is 4.79 Å². The number of nitrogens with zero attached hydrogens (tertiary/aromatic N) is 3. The van der Waals surface area contributed by atoms with Crippen molar-refractivity contribution >= 4 is 6.08 Å². The van der Waals surface area contributed by atoms with Crippen LogP contribution in [0.3, 0.4) is 0 Å². The van der Waals surface area contributed by atoms with Gasteiger partial charge in [-0.25, -0.2) is 9.78 Å². The summed E-state index contributed by atoms with van der Waals surface area (Å²) in [5.74, 6) is 0.568. The first kappa shape index (κ1) is 5.65. The molecule has 5 heteroatoms. The predicted octanol–water partition coefficient (Wildman–Crippen LogP) is -0.360. The lowest BCUT2D eigenvalue weighted by Crippen LogP contribution is -1.82. The molecule has 9 heavy (non-hydrogen) atoms. The maximum atomic E-state index is 9.55. The molecule has 1 rings (SSSR count). The van der Waals surface area contributed by atoms with Gasteiger partial charge in [-0.3, -0.25) is 5.10 Å². The first-order chi connectivity index (χ1) is 4.43. The highest BCUT2D eigenvalue weighted by molar-refractivity contribution is 5.32. The Kier molecular flexibility index (Phi) is 1.72. The van der Waals surface area contributed by atoms with Crippen molar-refractivity contribution in [3.63, 3.8) is 0 Å². The zero-order chi connectivity index (χ0) is 6.53. The fourth-order valence-electron chi connectivity index (χ4n) is 0.414. The zero-order valence-electron chi connectivity index (χ0n) is 4.53. The molecular formula is C4H4N4O. The highest BCUT2D eigenvalue weighted by Crippen LogP contribution is 1.85. The highest BCUT2D eigenvalue weighted by Gasteiger charge is 1.88. The SMILES string of the molecule is O=C=NCc1ncn[nH]1. The predicted molar refractivity (Wildman–Crippen MR) is 28.2 cm³/mol. The van der Waals surface area contributed by atoms with Gasteiger partial charge in [-0.05, 0) is 0 Å². The number of hydrogen-bond donors (Lipinski definition) is 1. The van der Waals surface area contributed by atoms with Crippen molar-refractivity contribution in [3.8, 4) is 0 Å². The van der Waals surface area contributed by atoms with Gasteiger partial charge in [0.05, 0.1) is 0 Å². The van der Waals surface area contributed by atoms with Crippen LogP contribution in [0.1, 0.15) is 5.82 Å². The number of isocyanates is 1. The van der Waals surface area contributed by atoms with Crippen molar-refractivity contribution < 1.29 is 4.79 Å². The van der Waals surface area contributed by atoms with E-state index in [4.69, 9.17) is 0 Å². The van der Waals surface area contributed by atoms with Crippen LogP contribution in [0.2, 0.25) is 0 Å². The lowest BCUT2D eigenvalue weighted by molar-refractivity contribution is 0.562. The molecule has 0 aliphatic carbocycles. The largest absolute Gasteiger partial charge is 0.262 e. The molecule has 0 aliphatic heterocycles. The molecule has 0 unspecified atom stereocenters. The molecule has 46 valence electrons. The van der Waals surface area contributed by atoms with Gasteiger partial charge in [0, 0.05) is 0 Å². The first-order valence-electron chi connectivity index (χ1n) is 2.31. The second-order valence-electron chi connectivity index (χ2n) is 1.34. The quantitative estimate of drug-likeness (QED) is 0.432. The van der Waals surface area contributed by atoms with Crippen LogP contribution in [0.5, 0.6) is 0 Å². The minimum atomic E-state index is 0.226. The summed E-state index contributed by atoms with van der Waals surface area (Å²) in [6.45, 7) is 0.226. The van der Waals surface area contributed by atoms with Crippen LogP contribution in [0.4, 0.5) is 0 Å². The van der Waals surface area contributed by atoms with E-state index in [-0.39, 0.29) is 6.54 Å². The minimum absolute atomic E-state index is 0.226. The number of aliphatic imine (C=N–C) groups is 1. The van der Waals surface area contributed by atoms with Gasteiger partial charge in [-0.1, -0.05) is 0 Å². The molecule has 0 saturated heterocycles. The fraction of sp³-hybridized carbons (Fsp3) is 0.250. The minimum Gasteiger partial charge on any atom is -0.262 e. The molecule has 0 atom stereocenters. The monoisotopic (exact) mass is 124 g/mol. The van der Waals surface area contributed by atoms with Gasteiger partial charge in [0.25, 0.3) is 0 Å². The lowest BCUT2D eigenvalue weighted by Gasteiger charge is -1.78. The van der Waals surface area contributed by atoms with E-state index in [1.165, 1.54) is 12.4 Å². The van der Waals surface area contributed by atoms with Crippen molar-refractivity contribution in [2.75, 3.05) is 0 Å². The number of nitrogens with one attached hydrogen (secondary N) is 1. The standard InChI is InChI=1S/C4H4N4O/c9-3-5-1-4-6-2-7-8-4/h2H,1H2,(H,6,7,8). The summed E-state index contributed by atoms with van der Waals surface area (Å²) < 4.78 is 0. The molecule has 1 aromatic heterocycles. The van der Waals surface area contributed by atoms with E-state index in [0.717, 1.165) is 0 Å². The Hall–Kier alpha value is -1.48. The zero-order valence-corrected chi connectivity index (χ0v) is 4.53. The number of carbonyl (C=O) groups excluding carboxylic acids is 1. The van der Waals surface area contributed by atoms with Crippen molar-refractivity contribution in [3.05, 3.63) is 12.2 Å². The molecule has 0 aliphatic rings. The third kappa shape index (κ3) is 1.47. The van der Waals surface area contributed by atoms with E-state index >= 15 is 0 Å². The fourth-order valence-corrected chi connectivity index (χ4v) is 0.414. The van der Waals surface area contributed by atoms with Gasteiger partial charge in [0.1, 0.15) is 18.7 Å². The number of aromatic nitrogens is 3. The van der Waals surface area contributed by atoms with Crippen LogP contribution < -0.4 is 0 Å². The molecule has 5 nitrogen and oxygen atoms in total. The molecular weight excluding hydrogens is 120 g/mol. The molecule has 1 N–H and O–H groups in total. The molecule has 1 heterocycles. The average molecular weight is 124 g/mol. The van der Waals surface area contributed by atoms with Gasteiger partial charge in [-0.15, -0.1) is 0 Å². The molecule has 0 amide bonds. The third-order valence-electron chi connectivity index (χ3n) is 0.758. The Labute approximate surface area is 50.8 Å². The van der Waals surface area contributed by atoms with Crippen LogP contribution >= 0.6 is 0 Å². The summed E-state index contributed by atoms with van der Waals surface area (Å²) in [6.07, 6.45) is 2.75. The summed E-state index contributed by atoms with van der Waals surface area (Å²) in [5, 5.41) is 6.09. The summed E-state index contributed by atoms with van der Waals surface area (Å²) in [5.41, 5.74) is 0. The molecule has 0 fully saturated rings. The second kappa shape index (κ2) is 2.74. The van der Waals surface area contributed by atoms with Crippen molar-refractivity contribution in [1.29, 1.82) is 0 Å². The maximum Gasteiger partial charge on any atom is 0.235 e. The molecule has 1 aromatic rings. The summed E-state index contributed by atoms with van der Waals surface area (Å²) >= 11 is 0. The van der Waals surface area contributed by atoms with Gasteiger partial charge >= 0.3 is 0 Å². The highest BCUT2D eigenvalue weighted by atomic mass is 16.1. The summed E-state index contributed by atoms with van der Waals surface area (Å²) in [6, 6.07) is 0. The van der Waals surface area contributed by atoms with Crippen LogP contribution in [-0.2, 0) is 11.3 Å². The molecule has 0 spiro atoms. The third-order valence-corrected chi connectivity index (χ3v) is 0.758. The topological polar surface area (TPSA) is 71.0 Å². The maximum absolute atomic E-state index is 9.55. The Morgan fingerprint density at radius 3 is 3.33 bits per heavy atom. The van der Waals surface area contributed by atoms with Crippen molar-refractivity contribution in [2.24, 2.45) is 4.99 Å². The Balaban J connectivity index is 2.57.